The number of sulfonamides is 1. The minimum absolute atomic E-state index is 0.0948. The fourth-order valence-corrected chi connectivity index (χ4v) is 3.86. The van der Waals surface area contributed by atoms with Crippen LogP contribution in [-0.2, 0) is 21.4 Å². The molecule has 0 aliphatic heterocycles. The summed E-state index contributed by atoms with van der Waals surface area (Å²) in [5, 5.41) is 12.6. The summed E-state index contributed by atoms with van der Waals surface area (Å²) in [6.07, 6.45) is 1.18. The molecular formula is C20H18ClN3O5S. The van der Waals surface area contributed by atoms with Crippen molar-refractivity contribution in [3.63, 3.8) is 0 Å². The highest BCUT2D eigenvalue weighted by Crippen LogP contribution is 2.25. The number of halogens is 1. The summed E-state index contributed by atoms with van der Waals surface area (Å²) in [5.74, 6) is -0.863. The highest BCUT2D eigenvalue weighted by Gasteiger charge is 2.19. The monoisotopic (exact) mass is 447 g/mol. The molecule has 1 heterocycles. The fraction of sp³-hybridized carbons (Fsp3) is 0.100. The third kappa shape index (κ3) is 5.07. The van der Waals surface area contributed by atoms with Gasteiger partial charge in [-0.2, -0.15) is 0 Å². The minimum atomic E-state index is -4.06. The number of aromatic carboxylic acids is 1. The number of nitrogens with one attached hydrogen (secondary N) is 2. The molecule has 0 aliphatic carbocycles. The lowest BCUT2D eigenvalue weighted by Crippen LogP contribution is -2.16. The Hall–Kier alpha value is -3.14. The maximum Gasteiger partial charge on any atom is 0.337 e. The maximum atomic E-state index is 12.7. The van der Waals surface area contributed by atoms with Crippen molar-refractivity contribution in [1.82, 2.24) is 4.98 Å². The zero-order chi connectivity index (χ0) is 21.7. The van der Waals surface area contributed by atoms with E-state index < -0.39 is 16.0 Å². The summed E-state index contributed by atoms with van der Waals surface area (Å²) >= 11 is 5.80. The second-order valence-corrected chi connectivity index (χ2v) is 8.31. The van der Waals surface area contributed by atoms with Crippen molar-refractivity contribution in [1.29, 1.82) is 0 Å². The molecule has 0 saturated carbocycles. The number of carboxylic acid groups (broad SMARTS) is 1. The van der Waals surface area contributed by atoms with Crippen LogP contribution in [0, 0.1) is 0 Å². The molecule has 1 aromatic heterocycles. The van der Waals surface area contributed by atoms with Gasteiger partial charge in [-0.3, -0.25) is 4.72 Å². The zero-order valence-electron chi connectivity index (χ0n) is 15.8. The lowest BCUT2D eigenvalue weighted by molar-refractivity contribution is 0.0698. The van der Waals surface area contributed by atoms with E-state index in [-0.39, 0.29) is 21.2 Å². The van der Waals surface area contributed by atoms with Gasteiger partial charge in [-0.1, -0.05) is 29.8 Å². The summed E-state index contributed by atoms with van der Waals surface area (Å²) in [7, 11) is -2.46. The van der Waals surface area contributed by atoms with Gasteiger partial charge in [-0.05, 0) is 36.4 Å². The molecule has 0 saturated heterocycles. The maximum absolute atomic E-state index is 12.7. The van der Waals surface area contributed by atoms with Crippen molar-refractivity contribution in [3.8, 4) is 0 Å². The topological polar surface area (TPSA) is 118 Å². The largest absolute Gasteiger partial charge is 0.478 e. The molecule has 0 unspecified atom stereocenters. The van der Waals surface area contributed by atoms with Crippen molar-refractivity contribution >= 4 is 44.8 Å². The Morgan fingerprint density at radius 3 is 2.57 bits per heavy atom. The van der Waals surface area contributed by atoms with Crippen LogP contribution in [0.5, 0.6) is 0 Å². The highest BCUT2D eigenvalue weighted by atomic mass is 35.5. The predicted octanol–water partition coefficient (Wildman–Crippen LogP) is 4.12. The molecule has 0 spiro atoms. The number of para-hydroxylation sites is 1. The second-order valence-electron chi connectivity index (χ2n) is 6.19. The molecule has 0 radical (unpaired) electrons. The van der Waals surface area contributed by atoms with E-state index in [1.54, 1.807) is 7.11 Å². The molecule has 8 nitrogen and oxygen atoms in total. The van der Waals surface area contributed by atoms with Crippen molar-refractivity contribution in [2.75, 3.05) is 17.1 Å². The van der Waals surface area contributed by atoms with Gasteiger partial charge in [-0.25, -0.2) is 18.2 Å². The number of pyridine rings is 1. The first kappa shape index (κ1) is 21.6. The first-order chi connectivity index (χ1) is 14.3. The molecule has 3 rings (SSSR count). The van der Waals surface area contributed by atoms with Crippen molar-refractivity contribution < 1.29 is 23.1 Å². The molecule has 156 valence electrons. The summed E-state index contributed by atoms with van der Waals surface area (Å²) in [4.78, 5) is 15.4. The van der Waals surface area contributed by atoms with E-state index in [0.717, 1.165) is 11.3 Å². The molecule has 0 bridgehead atoms. The predicted molar refractivity (Wildman–Crippen MR) is 114 cm³/mol. The molecule has 0 fully saturated rings. The first-order valence-corrected chi connectivity index (χ1v) is 10.5. The van der Waals surface area contributed by atoms with E-state index in [9.17, 15) is 18.3 Å². The molecule has 30 heavy (non-hydrogen) atoms. The number of carbonyl (C=O) groups is 1. The number of aromatic nitrogens is 1. The van der Waals surface area contributed by atoms with Crippen molar-refractivity contribution in [3.05, 3.63) is 76.9 Å². The number of carboxylic acids is 1. The standard InChI is InChI=1S/C20H18ClN3O5S/c1-29-12-13-4-2-3-5-17(13)23-19-9-7-15(11-22-19)30(27,28)24-18-8-6-14(21)10-16(18)20(25)26/h2-11,24H,12H2,1H3,(H,22,23)(H,25,26). The number of methoxy groups -OCH3 is 1. The van der Waals surface area contributed by atoms with Crippen molar-refractivity contribution in [2.24, 2.45) is 0 Å². The van der Waals surface area contributed by atoms with E-state index in [2.05, 4.69) is 15.0 Å². The van der Waals surface area contributed by atoms with Gasteiger partial charge in [0.25, 0.3) is 10.0 Å². The molecule has 3 N–H and O–H groups in total. The van der Waals surface area contributed by atoms with Crippen LogP contribution in [0.1, 0.15) is 15.9 Å². The van der Waals surface area contributed by atoms with E-state index >= 15 is 0 Å². The van der Waals surface area contributed by atoms with Crippen LogP contribution in [0.3, 0.4) is 0 Å². The average Bonchev–Trinajstić information content (AvgIpc) is 2.71. The average molecular weight is 448 g/mol. The Balaban J connectivity index is 1.82. The van der Waals surface area contributed by atoms with E-state index in [4.69, 9.17) is 16.3 Å². The number of benzene rings is 2. The first-order valence-electron chi connectivity index (χ1n) is 8.66. The Kier molecular flexibility index (Phi) is 6.56. The van der Waals surface area contributed by atoms with Crippen molar-refractivity contribution in [2.45, 2.75) is 11.5 Å². The number of rotatable bonds is 8. The number of hydrogen-bond donors (Lipinski definition) is 3. The Morgan fingerprint density at radius 1 is 1.13 bits per heavy atom. The van der Waals surface area contributed by atoms with Gasteiger partial charge in [0.05, 0.1) is 17.9 Å². The molecule has 0 atom stereocenters. The van der Waals surface area contributed by atoms with Crippen LogP contribution >= 0.6 is 11.6 Å². The number of nitrogens with zero attached hydrogens (tertiary/aromatic N) is 1. The second kappa shape index (κ2) is 9.12. The zero-order valence-corrected chi connectivity index (χ0v) is 17.4. The SMILES string of the molecule is COCc1ccccc1Nc1ccc(S(=O)(=O)Nc2ccc(Cl)cc2C(=O)O)cn1. The molecule has 2 aromatic carbocycles. The van der Waals surface area contributed by atoms with Crippen LogP contribution in [0.15, 0.2) is 65.7 Å². The third-order valence-corrected chi connectivity index (χ3v) is 5.67. The highest BCUT2D eigenvalue weighted by molar-refractivity contribution is 7.92. The van der Waals surface area contributed by atoms with Crippen LogP contribution in [-0.4, -0.2) is 31.6 Å². The fourth-order valence-electron chi connectivity index (χ4n) is 2.66. The number of ether oxygens (including phenoxy) is 1. The van der Waals surface area contributed by atoms with Gasteiger partial charge in [0, 0.05) is 29.6 Å². The van der Waals surface area contributed by atoms with Gasteiger partial charge in [-0.15, -0.1) is 0 Å². The lowest BCUT2D eigenvalue weighted by atomic mass is 10.2. The van der Waals surface area contributed by atoms with Gasteiger partial charge in [0.2, 0.25) is 0 Å². The molecule has 10 heteroatoms. The number of hydrogen-bond acceptors (Lipinski definition) is 6. The summed E-state index contributed by atoms with van der Waals surface area (Å²) < 4.78 is 32.7. The molecular weight excluding hydrogens is 430 g/mol. The lowest BCUT2D eigenvalue weighted by Gasteiger charge is -2.13. The molecule has 0 aliphatic rings. The normalized spacial score (nSPS) is 11.1. The Bertz CT molecular complexity index is 1170. The minimum Gasteiger partial charge on any atom is -0.478 e. The van der Waals surface area contributed by atoms with Crippen LogP contribution in [0.2, 0.25) is 5.02 Å². The molecule has 3 aromatic rings. The van der Waals surface area contributed by atoms with Crippen LogP contribution < -0.4 is 10.0 Å². The van der Waals surface area contributed by atoms with Crippen LogP contribution in [0.25, 0.3) is 0 Å². The third-order valence-electron chi connectivity index (χ3n) is 4.08. The van der Waals surface area contributed by atoms with E-state index in [1.165, 1.54) is 36.5 Å². The Labute approximate surface area is 178 Å². The Morgan fingerprint density at radius 2 is 1.90 bits per heavy atom. The summed E-state index contributed by atoms with van der Waals surface area (Å²) in [6, 6.07) is 14.2. The van der Waals surface area contributed by atoms with Crippen LogP contribution in [0.4, 0.5) is 17.2 Å². The summed E-state index contributed by atoms with van der Waals surface area (Å²) in [5.41, 5.74) is 1.35. The van der Waals surface area contributed by atoms with Gasteiger partial charge >= 0.3 is 5.97 Å². The number of anilines is 3. The van der Waals surface area contributed by atoms with E-state index in [1.807, 2.05) is 24.3 Å². The van der Waals surface area contributed by atoms with E-state index in [0.29, 0.717) is 12.4 Å². The van der Waals surface area contributed by atoms with Gasteiger partial charge in [0.15, 0.2) is 0 Å². The summed E-state index contributed by atoms with van der Waals surface area (Å²) in [6.45, 7) is 0.409. The quantitative estimate of drug-likeness (QED) is 0.475. The van der Waals surface area contributed by atoms with Gasteiger partial charge in [0.1, 0.15) is 10.7 Å². The smallest absolute Gasteiger partial charge is 0.337 e. The van der Waals surface area contributed by atoms with Gasteiger partial charge < -0.3 is 15.2 Å². The molecule has 0 amide bonds.